The van der Waals surface area contributed by atoms with Gasteiger partial charge in [0.1, 0.15) is 18.1 Å². The molecule has 2 aromatic carbocycles. The van der Waals surface area contributed by atoms with Crippen LogP contribution in [0.1, 0.15) is 33.2 Å². The number of carbonyl (C=O) groups excluding carboxylic acids is 1. The summed E-state index contributed by atoms with van der Waals surface area (Å²) in [5.74, 6) is 1.17. The van der Waals surface area contributed by atoms with Gasteiger partial charge >= 0.3 is 5.97 Å². The van der Waals surface area contributed by atoms with Gasteiger partial charge in [0.25, 0.3) is 0 Å². The Kier molecular flexibility index (Phi) is 5.51. The van der Waals surface area contributed by atoms with E-state index in [-0.39, 0.29) is 6.61 Å². The summed E-state index contributed by atoms with van der Waals surface area (Å²) in [6, 6.07) is 16.2. The predicted molar refractivity (Wildman–Crippen MR) is 105 cm³/mol. The number of benzene rings is 2. The zero-order valence-electron chi connectivity index (χ0n) is 16.5. The lowest BCUT2D eigenvalue weighted by atomic mass is 10.2. The van der Waals surface area contributed by atoms with Gasteiger partial charge < -0.3 is 14.0 Å². The molecule has 9 heteroatoms. The molecule has 0 atom stereocenters. The van der Waals surface area contributed by atoms with Gasteiger partial charge in [-0.25, -0.2) is 4.79 Å². The lowest BCUT2D eigenvalue weighted by molar-refractivity contribution is 0.0459. The van der Waals surface area contributed by atoms with Crippen LogP contribution in [-0.4, -0.2) is 31.3 Å². The van der Waals surface area contributed by atoms with Crippen molar-refractivity contribution in [2.45, 2.75) is 27.1 Å². The van der Waals surface area contributed by atoms with Crippen molar-refractivity contribution >= 4 is 5.97 Å². The fourth-order valence-corrected chi connectivity index (χ4v) is 2.86. The molecular formula is C21H19N5O4. The molecule has 2 heterocycles. The third-order valence-corrected chi connectivity index (χ3v) is 4.50. The molecule has 0 aliphatic carbocycles. The molecule has 9 nitrogen and oxygen atoms in total. The molecule has 0 fully saturated rings. The highest BCUT2D eigenvalue weighted by Crippen LogP contribution is 2.19. The van der Waals surface area contributed by atoms with Crippen molar-refractivity contribution in [2.75, 3.05) is 0 Å². The highest BCUT2D eigenvalue weighted by atomic mass is 16.5. The van der Waals surface area contributed by atoms with Gasteiger partial charge in [-0.3, -0.25) is 0 Å². The number of nitrogens with zero attached hydrogens (tertiary/aromatic N) is 5. The van der Waals surface area contributed by atoms with Gasteiger partial charge in [0.05, 0.1) is 22.5 Å². The first-order valence-corrected chi connectivity index (χ1v) is 9.26. The number of ether oxygens (including phenoxy) is 2. The topological polar surface area (TPSA) is 105 Å². The Balaban J connectivity index is 1.40. The van der Waals surface area contributed by atoms with Gasteiger partial charge in [0.15, 0.2) is 12.4 Å². The van der Waals surface area contributed by atoms with E-state index in [1.165, 1.54) is 4.68 Å². The number of rotatable bonds is 7. The molecule has 0 spiro atoms. The van der Waals surface area contributed by atoms with Gasteiger partial charge in [0, 0.05) is 0 Å². The molecule has 0 saturated carbocycles. The van der Waals surface area contributed by atoms with Gasteiger partial charge in [-0.1, -0.05) is 29.4 Å². The lowest BCUT2D eigenvalue weighted by Gasteiger charge is -2.09. The van der Waals surface area contributed by atoms with Crippen LogP contribution in [0.3, 0.4) is 0 Å². The van der Waals surface area contributed by atoms with Crippen LogP contribution in [0.4, 0.5) is 0 Å². The molecule has 4 aromatic rings. The van der Waals surface area contributed by atoms with Crippen LogP contribution in [0, 0.1) is 13.8 Å². The van der Waals surface area contributed by atoms with E-state index in [0.717, 1.165) is 16.9 Å². The SMILES string of the molecule is Cc1noc(C)c1COc1cccc(C(=O)OCc2nnnn2-c2ccccc2)c1. The standard InChI is InChI=1S/C21H19N5O4/c1-14-19(15(2)30-23-14)12-28-18-10-6-7-16(11-18)21(27)29-13-20-22-24-25-26(20)17-8-4-3-5-9-17/h3-11H,12-13H2,1-2H3. The van der Waals surface area contributed by atoms with Crippen LogP contribution in [0.5, 0.6) is 5.75 Å². The maximum absolute atomic E-state index is 12.5. The molecule has 4 rings (SSSR count). The van der Waals surface area contributed by atoms with Crippen molar-refractivity contribution in [2.24, 2.45) is 0 Å². The Labute approximate surface area is 172 Å². The Bertz CT molecular complexity index is 1130. The number of aromatic nitrogens is 5. The summed E-state index contributed by atoms with van der Waals surface area (Å²) in [6.45, 7) is 3.91. The van der Waals surface area contributed by atoms with Gasteiger partial charge in [-0.2, -0.15) is 4.68 Å². The summed E-state index contributed by atoms with van der Waals surface area (Å²) in [5, 5.41) is 15.5. The second-order valence-corrected chi connectivity index (χ2v) is 6.54. The molecule has 0 unspecified atom stereocenters. The van der Waals surface area contributed by atoms with Crippen molar-refractivity contribution in [3.05, 3.63) is 83.0 Å². The third-order valence-electron chi connectivity index (χ3n) is 4.50. The maximum Gasteiger partial charge on any atom is 0.338 e. The molecular weight excluding hydrogens is 386 g/mol. The first kappa shape index (κ1) is 19.3. The zero-order chi connectivity index (χ0) is 20.9. The molecule has 0 bridgehead atoms. The van der Waals surface area contributed by atoms with Crippen LogP contribution in [0.2, 0.25) is 0 Å². The Hall–Kier alpha value is -4.01. The first-order valence-electron chi connectivity index (χ1n) is 9.26. The number of hydrogen-bond acceptors (Lipinski definition) is 8. The smallest absolute Gasteiger partial charge is 0.338 e. The highest BCUT2D eigenvalue weighted by Gasteiger charge is 2.14. The number of tetrazole rings is 1. The summed E-state index contributed by atoms with van der Waals surface area (Å²) in [5.41, 5.74) is 2.81. The average Bonchev–Trinajstić information content (AvgIpc) is 3.37. The monoisotopic (exact) mass is 405 g/mol. The van der Waals surface area contributed by atoms with Gasteiger partial charge in [0.2, 0.25) is 0 Å². The van der Waals surface area contributed by atoms with Gasteiger partial charge in [-0.05, 0) is 54.6 Å². The molecule has 0 radical (unpaired) electrons. The van der Waals surface area contributed by atoms with E-state index >= 15 is 0 Å². The molecule has 152 valence electrons. The van der Waals surface area contributed by atoms with Crippen LogP contribution in [-0.2, 0) is 18.0 Å². The summed E-state index contributed by atoms with van der Waals surface area (Å²) < 4.78 is 17.8. The predicted octanol–water partition coefficient (Wildman–Crippen LogP) is 3.20. The van der Waals surface area contributed by atoms with Crippen LogP contribution < -0.4 is 4.74 Å². The Morgan fingerprint density at radius 3 is 2.67 bits per heavy atom. The highest BCUT2D eigenvalue weighted by molar-refractivity contribution is 5.89. The van der Waals surface area contributed by atoms with Crippen molar-refractivity contribution in [1.29, 1.82) is 0 Å². The second-order valence-electron chi connectivity index (χ2n) is 6.54. The third kappa shape index (κ3) is 4.19. The number of hydrogen-bond donors (Lipinski definition) is 0. The molecule has 0 amide bonds. The summed E-state index contributed by atoms with van der Waals surface area (Å²) in [6.07, 6.45) is 0. The van der Waals surface area contributed by atoms with Crippen LogP contribution in [0.15, 0.2) is 59.1 Å². The van der Waals surface area contributed by atoms with E-state index in [9.17, 15) is 4.79 Å². The van der Waals surface area contributed by atoms with E-state index in [2.05, 4.69) is 20.7 Å². The minimum atomic E-state index is -0.500. The lowest BCUT2D eigenvalue weighted by Crippen LogP contribution is -2.10. The molecule has 0 N–H and O–H groups in total. The number of carbonyl (C=O) groups is 1. The molecule has 2 aromatic heterocycles. The van der Waals surface area contributed by atoms with Crippen molar-refractivity contribution in [1.82, 2.24) is 25.4 Å². The number of para-hydroxylation sites is 1. The molecule has 0 saturated heterocycles. The zero-order valence-corrected chi connectivity index (χ0v) is 16.5. The Morgan fingerprint density at radius 2 is 1.90 bits per heavy atom. The summed E-state index contributed by atoms with van der Waals surface area (Å²) >= 11 is 0. The van der Waals surface area contributed by atoms with Crippen molar-refractivity contribution in [3.63, 3.8) is 0 Å². The largest absolute Gasteiger partial charge is 0.489 e. The number of aryl methyl sites for hydroxylation is 2. The van der Waals surface area contributed by atoms with Crippen LogP contribution >= 0.6 is 0 Å². The molecule has 0 aliphatic heterocycles. The normalized spacial score (nSPS) is 10.7. The minimum Gasteiger partial charge on any atom is -0.489 e. The van der Waals surface area contributed by atoms with Crippen molar-refractivity contribution in [3.8, 4) is 11.4 Å². The van der Waals surface area contributed by atoms with E-state index in [1.54, 1.807) is 24.3 Å². The molecule has 30 heavy (non-hydrogen) atoms. The summed E-state index contributed by atoms with van der Waals surface area (Å²) in [4.78, 5) is 12.5. The van der Waals surface area contributed by atoms with E-state index < -0.39 is 5.97 Å². The van der Waals surface area contributed by atoms with Gasteiger partial charge in [-0.15, -0.1) is 5.10 Å². The number of esters is 1. The maximum atomic E-state index is 12.5. The quantitative estimate of drug-likeness (QED) is 0.432. The molecule has 0 aliphatic rings. The van der Waals surface area contributed by atoms with E-state index in [1.807, 2.05) is 44.2 Å². The van der Waals surface area contributed by atoms with E-state index in [4.69, 9.17) is 14.0 Å². The minimum absolute atomic E-state index is 0.0646. The fourth-order valence-electron chi connectivity index (χ4n) is 2.86. The fraction of sp³-hybridized carbons (Fsp3) is 0.190. The second kappa shape index (κ2) is 8.56. The first-order chi connectivity index (χ1) is 14.6. The summed E-state index contributed by atoms with van der Waals surface area (Å²) in [7, 11) is 0. The van der Waals surface area contributed by atoms with E-state index in [0.29, 0.717) is 29.5 Å². The Morgan fingerprint density at radius 1 is 1.07 bits per heavy atom. The van der Waals surface area contributed by atoms with Crippen LogP contribution in [0.25, 0.3) is 5.69 Å². The van der Waals surface area contributed by atoms with Crippen molar-refractivity contribution < 1.29 is 18.8 Å². The average molecular weight is 405 g/mol.